The van der Waals surface area contributed by atoms with Gasteiger partial charge < -0.3 is 4.29 Å². The second-order valence-corrected chi connectivity index (χ2v) is 4.16. The maximum absolute atomic E-state index is 10.8. The van der Waals surface area contributed by atoms with E-state index >= 15 is 0 Å². The first-order valence-corrected chi connectivity index (χ1v) is 4.82. The van der Waals surface area contributed by atoms with E-state index in [4.69, 9.17) is 35.1 Å². The van der Waals surface area contributed by atoms with E-state index in [9.17, 15) is 4.79 Å². The molecule has 0 fully saturated rings. The standard InChI is InChI=1S/C7H11Cl3O2/c1-2-3-4-5-7(8,9)6(11)12-10/h2-5H2,1H3. The number of carbonyl (C=O) groups excluding carboxylic acids is 1. The van der Waals surface area contributed by atoms with Crippen molar-refractivity contribution in [3.05, 3.63) is 0 Å². The van der Waals surface area contributed by atoms with Crippen LogP contribution in [0.3, 0.4) is 0 Å². The van der Waals surface area contributed by atoms with Gasteiger partial charge in [-0.05, 0) is 12.8 Å². The molecule has 0 unspecified atom stereocenters. The lowest BCUT2D eigenvalue weighted by atomic mass is 10.1. The Balaban J connectivity index is 3.78. The van der Waals surface area contributed by atoms with Gasteiger partial charge >= 0.3 is 5.97 Å². The summed E-state index contributed by atoms with van der Waals surface area (Å²) in [6.07, 6.45) is 3.18. The topological polar surface area (TPSA) is 26.3 Å². The predicted octanol–water partition coefficient (Wildman–Crippen LogP) is 3.44. The minimum Gasteiger partial charge on any atom is -0.344 e. The number of alkyl halides is 2. The molecule has 72 valence electrons. The predicted molar refractivity (Wildman–Crippen MR) is 50.5 cm³/mol. The number of rotatable bonds is 5. The molecule has 0 saturated heterocycles. The summed E-state index contributed by atoms with van der Waals surface area (Å²) in [5, 5.41) is 0. The van der Waals surface area contributed by atoms with Gasteiger partial charge in [0, 0.05) is 0 Å². The molecule has 0 heterocycles. The van der Waals surface area contributed by atoms with Crippen LogP contribution in [-0.2, 0) is 9.08 Å². The Morgan fingerprint density at radius 1 is 1.42 bits per heavy atom. The summed E-state index contributed by atoms with van der Waals surface area (Å²) >= 11 is 16.1. The molecule has 0 aliphatic carbocycles. The molecule has 0 bridgehead atoms. The molecule has 0 aromatic heterocycles. The van der Waals surface area contributed by atoms with Gasteiger partial charge in [0.1, 0.15) is 11.9 Å². The van der Waals surface area contributed by atoms with Gasteiger partial charge in [-0.1, -0.05) is 43.0 Å². The van der Waals surface area contributed by atoms with Gasteiger partial charge in [-0.25, -0.2) is 4.79 Å². The molecule has 12 heavy (non-hydrogen) atoms. The van der Waals surface area contributed by atoms with E-state index < -0.39 is 10.3 Å². The summed E-state index contributed by atoms with van der Waals surface area (Å²) in [7, 11) is 0. The van der Waals surface area contributed by atoms with Crippen molar-refractivity contribution in [2.45, 2.75) is 36.9 Å². The quantitative estimate of drug-likeness (QED) is 0.537. The van der Waals surface area contributed by atoms with Gasteiger partial charge in [-0.2, -0.15) is 0 Å². The Hall–Kier alpha value is 0.340. The summed E-state index contributed by atoms with van der Waals surface area (Å²) < 4.78 is 2.43. The molecular weight excluding hydrogens is 222 g/mol. The van der Waals surface area contributed by atoms with E-state index in [-0.39, 0.29) is 0 Å². The van der Waals surface area contributed by atoms with Crippen LogP contribution in [0.4, 0.5) is 0 Å². The number of hydrogen-bond acceptors (Lipinski definition) is 2. The third kappa shape index (κ3) is 4.39. The van der Waals surface area contributed by atoms with E-state index in [2.05, 4.69) is 4.29 Å². The first-order valence-electron chi connectivity index (χ1n) is 3.75. The van der Waals surface area contributed by atoms with Crippen molar-refractivity contribution in [3.8, 4) is 0 Å². The van der Waals surface area contributed by atoms with Crippen LogP contribution < -0.4 is 0 Å². The lowest BCUT2D eigenvalue weighted by molar-refractivity contribution is -0.134. The molecule has 0 aromatic rings. The molecule has 0 saturated carbocycles. The first-order chi connectivity index (χ1) is 5.54. The van der Waals surface area contributed by atoms with E-state index in [0.29, 0.717) is 6.42 Å². The molecule has 0 aromatic carbocycles. The van der Waals surface area contributed by atoms with Crippen LogP contribution in [0.25, 0.3) is 0 Å². The summed E-state index contributed by atoms with van der Waals surface area (Å²) in [4.78, 5) is 10.8. The van der Waals surface area contributed by atoms with Crippen molar-refractivity contribution in [3.63, 3.8) is 0 Å². The Kier molecular flexibility index (Phi) is 6.06. The highest BCUT2D eigenvalue weighted by Gasteiger charge is 2.34. The van der Waals surface area contributed by atoms with E-state index in [0.717, 1.165) is 19.3 Å². The fraction of sp³-hybridized carbons (Fsp3) is 0.857. The zero-order chi connectivity index (χ0) is 9.61. The molecule has 0 aliphatic rings. The molecule has 0 N–H and O–H groups in total. The number of unbranched alkanes of at least 4 members (excludes halogenated alkanes) is 2. The Morgan fingerprint density at radius 3 is 2.42 bits per heavy atom. The Labute approximate surface area is 87.3 Å². The van der Waals surface area contributed by atoms with Crippen LogP contribution >= 0.6 is 35.1 Å². The first kappa shape index (κ1) is 12.3. The second-order valence-electron chi connectivity index (χ2n) is 2.53. The summed E-state index contributed by atoms with van der Waals surface area (Å²) in [6, 6.07) is 0. The van der Waals surface area contributed by atoms with Crippen molar-refractivity contribution in [1.29, 1.82) is 0 Å². The van der Waals surface area contributed by atoms with E-state index in [1.54, 1.807) is 0 Å². The minimum absolute atomic E-state index is 0.371. The van der Waals surface area contributed by atoms with Crippen LogP contribution in [0.15, 0.2) is 0 Å². The Morgan fingerprint density at radius 2 is 2.00 bits per heavy atom. The molecule has 0 rings (SSSR count). The average molecular weight is 234 g/mol. The van der Waals surface area contributed by atoms with Crippen molar-refractivity contribution in [1.82, 2.24) is 0 Å². The smallest absolute Gasteiger partial charge is 0.344 e. The van der Waals surface area contributed by atoms with Crippen molar-refractivity contribution in [2.24, 2.45) is 0 Å². The van der Waals surface area contributed by atoms with Crippen molar-refractivity contribution < 1.29 is 9.08 Å². The maximum Gasteiger partial charge on any atom is 0.360 e. The molecule has 0 spiro atoms. The summed E-state index contributed by atoms with van der Waals surface area (Å²) in [5.41, 5.74) is 0. The fourth-order valence-corrected chi connectivity index (χ4v) is 1.31. The summed E-state index contributed by atoms with van der Waals surface area (Å²) in [5.74, 6) is -0.802. The van der Waals surface area contributed by atoms with Gasteiger partial charge in [0.25, 0.3) is 0 Å². The largest absolute Gasteiger partial charge is 0.360 e. The van der Waals surface area contributed by atoms with Crippen LogP contribution in [0.5, 0.6) is 0 Å². The molecule has 0 aliphatic heterocycles. The van der Waals surface area contributed by atoms with Gasteiger partial charge in [0.2, 0.25) is 4.33 Å². The summed E-state index contributed by atoms with van der Waals surface area (Å²) in [6.45, 7) is 2.05. The van der Waals surface area contributed by atoms with Crippen LogP contribution in [-0.4, -0.2) is 10.3 Å². The zero-order valence-corrected chi connectivity index (χ0v) is 9.05. The van der Waals surface area contributed by atoms with E-state index in [1.165, 1.54) is 0 Å². The van der Waals surface area contributed by atoms with Crippen LogP contribution in [0.2, 0.25) is 0 Å². The monoisotopic (exact) mass is 232 g/mol. The SMILES string of the molecule is CCCCCC(Cl)(Cl)C(=O)OCl. The van der Waals surface area contributed by atoms with Crippen molar-refractivity contribution in [2.75, 3.05) is 0 Å². The highest BCUT2D eigenvalue weighted by atomic mass is 35.5. The van der Waals surface area contributed by atoms with Gasteiger partial charge in [-0.3, -0.25) is 0 Å². The third-order valence-electron chi connectivity index (χ3n) is 1.46. The van der Waals surface area contributed by atoms with Crippen LogP contribution in [0, 0.1) is 0 Å². The molecular formula is C7H11Cl3O2. The van der Waals surface area contributed by atoms with Gasteiger partial charge in [0.05, 0.1) is 0 Å². The average Bonchev–Trinajstić information content (AvgIpc) is 2.03. The number of halogens is 3. The number of carbonyl (C=O) groups is 1. The molecule has 0 amide bonds. The lowest BCUT2D eigenvalue weighted by Crippen LogP contribution is -2.25. The molecule has 2 nitrogen and oxygen atoms in total. The molecule has 0 radical (unpaired) electrons. The second kappa shape index (κ2) is 5.90. The normalized spacial score (nSPS) is 11.3. The Bertz CT molecular complexity index is 148. The van der Waals surface area contributed by atoms with Crippen molar-refractivity contribution >= 4 is 41.0 Å². The highest BCUT2D eigenvalue weighted by Crippen LogP contribution is 2.29. The number of hydrogen-bond donors (Lipinski definition) is 0. The fourth-order valence-electron chi connectivity index (χ4n) is 0.756. The molecule has 0 atom stereocenters. The molecule has 5 heteroatoms. The third-order valence-corrected chi connectivity index (χ3v) is 2.29. The lowest BCUT2D eigenvalue weighted by Gasteiger charge is -2.14. The maximum atomic E-state index is 10.8. The van der Waals surface area contributed by atoms with Gasteiger partial charge in [-0.15, -0.1) is 0 Å². The van der Waals surface area contributed by atoms with Gasteiger partial charge in [0.15, 0.2) is 0 Å². The minimum atomic E-state index is -1.49. The zero-order valence-electron chi connectivity index (χ0n) is 6.78. The highest BCUT2D eigenvalue weighted by molar-refractivity contribution is 6.58. The van der Waals surface area contributed by atoms with E-state index in [1.807, 2.05) is 6.92 Å². The van der Waals surface area contributed by atoms with Crippen LogP contribution in [0.1, 0.15) is 32.6 Å².